The van der Waals surface area contributed by atoms with Gasteiger partial charge in [-0.3, -0.25) is 0 Å². The quantitative estimate of drug-likeness (QED) is 0.739. The highest BCUT2D eigenvalue weighted by atomic mass is 35.5. The van der Waals surface area contributed by atoms with Crippen molar-refractivity contribution in [1.29, 1.82) is 0 Å². The van der Waals surface area contributed by atoms with Gasteiger partial charge in [-0.15, -0.1) is 11.6 Å². The van der Waals surface area contributed by atoms with Crippen molar-refractivity contribution in [3.63, 3.8) is 0 Å². The van der Waals surface area contributed by atoms with Crippen molar-refractivity contribution in [2.75, 3.05) is 12.4 Å². The Labute approximate surface area is 95.6 Å². The molecule has 0 spiro atoms. The zero-order valence-electron chi connectivity index (χ0n) is 8.97. The Bertz CT molecular complexity index is 291. The van der Waals surface area contributed by atoms with Crippen LogP contribution in [0, 0.1) is 11.7 Å². The SMILES string of the molecule is CC(CCCl)CNCc1cccc(F)c1. The van der Waals surface area contributed by atoms with Gasteiger partial charge in [0.25, 0.3) is 0 Å². The molecule has 0 radical (unpaired) electrons. The summed E-state index contributed by atoms with van der Waals surface area (Å²) in [5, 5.41) is 3.29. The predicted molar refractivity (Wildman–Crippen MR) is 62.6 cm³/mol. The van der Waals surface area contributed by atoms with Gasteiger partial charge in [0, 0.05) is 12.4 Å². The maximum Gasteiger partial charge on any atom is 0.123 e. The van der Waals surface area contributed by atoms with Crippen LogP contribution in [0.2, 0.25) is 0 Å². The number of alkyl halides is 1. The van der Waals surface area contributed by atoms with E-state index in [0.717, 1.165) is 18.5 Å². The highest BCUT2D eigenvalue weighted by molar-refractivity contribution is 6.17. The minimum absolute atomic E-state index is 0.178. The van der Waals surface area contributed by atoms with Gasteiger partial charge in [0.15, 0.2) is 0 Å². The van der Waals surface area contributed by atoms with Crippen LogP contribution in [0.5, 0.6) is 0 Å². The van der Waals surface area contributed by atoms with Crippen LogP contribution in [0.1, 0.15) is 18.9 Å². The second-order valence-corrected chi connectivity index (χ2v) is 4.22. The van der Waals surface area contributed by atoms with E-state index in [2.05, 4.69) is 12.2 Å². The van der Waals surface area contributed by atoms with Gasteiger partial charge >= 0.3 is 0 Å². The Morgan fingerprint density at radius 1 is 1.47 bits per heavy atom. The summed E-state index contributed by atoms with van der Waals surface area (Å²) in [6.45, 7) is 3.79. The zero-order chi connectivity index (χ0) is 11.1. The monoisotopic (exact) mass is 229 g/mol. The van der Waals surface area contributed by atoms with Gasteiger partial charge in [-0.25, -0.2) is 4.39 Å². The second-order valence-electron chi connectivity index (χ2n) is 3.84. The van der Waals surface area contributed by atoms with Crippen molar-refractivity contribution in [1.82, 2.24) is 5.32 Å². The van der Waals surface area contributed by atoms with Gasteiger partial charge in [-0.1, -0.05) is 19.1 Å². The zero-order valence-corrected chi connectivity index (χ0v) is 9.73. The van der Waals surface area contributed by atoms with Gasteiger partial charge < -0.3 is 5.32 Å². The summed E-state index contributed by atoms with van der Waals surface area (Å²) in [6, 6.07) is 6.66. The first-order valence-corrected chi connectivity index (χ1v) is 5.77. The average molecular weight is 230 g/mol. The van der Waals surface area contributed by atoms with Crippen molar-refractivity contribution in [2.24, 2.45) is 5.92 Å². The van der Waals surface area contributed by atoms with E-state index in [-0.39, 0.29) is 5.82 Å². The first-order valence-electron chi connectivity index (χ1n) is 5.23. The number of rotatable bonds is 6. The molecule has 0 fully saturated rings. The third kappa shape index (κ3) is 5.14. The van der Waals surface area contributed by atoms with Crippen LogP contribution in [0.25, 0.3) is 0 Å². The van der Waals surface area contributed by atoms with Crippen LogP contribution in [-0.4, -0.2) is 12.4 Å². The summed E-state index contributed by atoms with van der Waals surface area (Å²) < 4.78 is 12.8. The summed E-state index contributed by atoms with van der Waals surface area (Å²) in [5.41, 5.74) is 0.980. The van der Waals surface area contributed by atoms with Crippen LogP contribution < -0.4 is 5.32 Å². The van der Waals surface area contributed by atoms with E-state index in [1.807, 2.05) is 6.07 Å². The van der Waals surface area contributed by atoms with E-state index in [1.54, 1.807) is 12.1 Å². The molecule has 0 bridgehead atoms. The lowest BCUT2D eigenvalue weighted by atomic mass is 10.1. The van der Waals surface area contributed by atoms with Crippen molar-refractivity contribution in [2.45, 2.75) is 19.9 Å². The number of hydrogen-bond acceptors (Lipinski definition) is 1. The lowest BCUT2D eigenvalue weighted by Crippen LogP contribution is -2.21. The molecule has 1 aromatic carbocycles. The van der Waals surface area contributed by atoms with E-state index < -0.39 is 0 Å². The standard InChI is InChI=1S/C12H17ClFN/c1-10(5-6-13)8-15-9-11-3-2-4-12(14)7-11/h2-4,7,10,15H,5-6,8-9H2,1H3. The average Bonchev–Trinajstić information content (AvgIpc) is 2.18. The van der Waals surface area contributed by atoms with E-state index in [0.29, 0.717) is 18.3 Å². The third-order valence-electron chi connectivity index (χ3n) is 2.31. The Morgan fingerprint density at radius 3 is 2.93 bits per heavy atom. The molecule has 0 heterocycles. The van der Waals surface area contributed by atoms with Crippen molar-refractivity contribution >= 4 is 11.6 Å². The fraction of sp³-hybridized carbons (Fsp3) is 0.500. The molecule has 0 aliphatic rings. The largest absolute Gasteiger partial charge is 0.312 e. The van der Waals surface area contributed by atoms with Gasteiger partial charge in [0.05, 0.1) is 0 Å². The lowest BCUT2D eigenvalue weighted by Gasteiger charge is -2.10. The first kappa shape index (κ1) is 12.5. The molecular weight excluding hydrogens is 213 g/mol. The number of nitrogens with one attached hydrogen (secondary N) is 1. The molecule has 1 rings (SSSR count). The van der Waals surface area contributed by atoms with Gasteiger partial charge in [-0.05, 0) is 36.6 Å². The Balaban J connectivity index is 2.25. The van der Waals surface area contributed by atoms with Crippen molar-refractivity contribution in [3.05, 3.63) is 35.6 Å². The van der Waals surface area contributed by atoms with E-state index >= 15 is 0 Å². The molecule has 3 heteroatoms. The van der Waals surface area contributed by atoms with E-state index in [4.69, 9.17) is 11.6 Å². The molecule has 1 N–H and O–H groups in total. The molecule has 0 aliphatic carbocycles. The highest BCUT2D eigenvalue weighted by Gasteiger charge is 2.00. The van der Waals surface area contributed by atoms with Crippen molar-refractivity contribution in [3.8, 4) is 0 Å². The van der Waals surface area contributed by atoms with E-state index in [1.165, 1.54) is 6.07 Å². The third-order valence-corrected chi connectivity index (χ3v) is 2.53. The van der Waals surface area contributed by atoms with Gasteiger partial charge in [-0.2, -0.15) is 0 Å². The van der Waals surface area contributed by atoms with Crippen molar-refractivity contribution < 1.29 is 4.39 Å². The Morgan fingerprint density at radius 2 is 2.27 bits per heavy atom. The molecule has 0 aliphatic heterocycles. The highest BCUT2D eigenvalue weighted by Crippen LogP contribution is 2.04. The van der Waals surface area contributed by atoms with Crippen LogP contribution >= 0.6 is 11.6 Å². The number of hydrogen-bond donors (Lipinski definition) is 1. The minimum atomic E-state index is -0.178. The Hall–Kier alpha value is -0.600. The fourth-order valence-electron chi connectivity index (χ4n) is 1.40. The molecule has 1 nitrogen and oxygen atoms in total. The predicted octanol–water partition coefficient (Wildman–Crippen LogP) is 3.18. The summed E-state index contributed by atoms with van der Waals surface area (Å²) in [6.07, 6.45) is 1.01. The summed E-state index contributed by atoms with van der Waals surface area (Å²) in [7, 11) is 0. The molecule has 15 heavy (non-hydrogen) atoms. The van der Waals surface area contributed by atoms with Gasteiger partial charge in [0.1, 0.15) is 5.82 Å². The molecule has 1 atom stereocenters. The molecular formula is C12H17ClFN. The van der Waals surface area contributed by atoms with Crippen LogP contribution in [-0.2, 0) is 6.54 Å². The van der Waals surface area contributed by atoms with Crippen LogP contribution in [0.3, 0.4) is 0 Å². The second kappa shape index (κ2) is 6.81. The van der Waals surface area contributed by atoms with Crippen LogP contribution in [0.4, 0.5) is 4.39 Å². The summed E-state index contributed by atoms with van der Waals surface area (Å²) in [5.74, 6) is 1.09. The molecule has 1 unspecified atom stereocenters. The minimum Gasteiger partial charge on any atom is -0.312 e. The fourth-order valence-corrected chi connectivity index (χ4v) is 1.77. The summed E-state index contributed by atoms with van der Waals surface area (Å²) in [4.78, 5) is 0. The molecule has 0 saturated carbocycles. The number of halogens is 2. The molecule has 84 valence electrons. The smallest absolute Gasteiger partial charge is 0.123 e. The van der Waals surface area contributed by atoms with Crippen LogP contribution in [0.15, 0.2) is 24.3 Å². The number of benzene rings is 1. The topological polar surface area (TPSA) is 12.0 Å². The van der Waals surface area contributed by atoms with Gasteiger partial charge in [0.2, 0.25) is 0 Å². The molecule has 0 aromatic heterocycles. The normalized spacial score (nSPS) is 12.7. The lowest BCUT2D eigenvalue weighted by molar-refractivity contribution is 0.501. The molecule has 1 aromatic rings. The first-order chi connectivity index (χ1) is 7.22. The Kier molecular flexibility index (Phi) is 5.66. The maximum atomic E-state index is 12.8. The summed E-state index contributed by atoms with van der Waals surface area (Å²) >= 11 is 5.64. The molecule has 0 amide bonds. The maximum absolute atomic E-state index is 12.8. The molecule has 0 saturated heterocycles. The van der Waals surface area contributed by atoms with E-state index in [9.17, 15) is 4.39 Å².